The lowest BCUT2D eigenvalue weighted by Gasteiger charge is -2.27. The largest absolute Gasteiger partial charge is 0.501 e. The van der Waals surface area contributed by atoms with E-state index in [-0.39, 0.29) is 12.4 Å². The molecule has 2 aromatic carbocycles. The molecule has 0 aliphatic heterocycles. The fourth-order valence-corrected chi connectivity index (χ4v) is 2.96. The van der Waals surface area contributed by atoms with E-state index in [1.54, 1.807) is 30.3 Å². The predicted molar refractivity (Wildman–Crippen MR) is 122 cm³/mol. The molecule has 3 rings (SSSR count). The number of aromatic nitrogens is 2. The fourth-order valence-electron chi connectivity index (χ4n) is 2.96. The summed E-state index contributed by atoms with van der Waals surface area (Å²) in [5.41, 5.74) is -3.38. The molecule has 3 aromatic rings. The van der Waals surface area contributed by atoms with Gasteiger partial charge in [-0.05, 0) is 37.1 Å². The fraction of sp³-hybridized carbons (Fsp3) is 0.250. The highest BCUT2D eigenvalue weighted by atomic mass is 19.1. The second kappa shape index (κ2) is 10.2. The molecule has 3 N–H and O–H groups in total. The highest BCUT2D eigenvalue weighted by molar-refractivity contribution is 5.94. The van der Waals surface area contributed by atoms with Crippen LogP contribution < -0.4 is 16.2 Å². The van der Waals surface area contributed by atoms with E-state index in [0.29, 0.717) is 6.07 Å². The van der Waals surface area contributed by atoms with E-state index >= 15 is 0 Å². The van der Waals surface area contributed by atoms with Gasteiger partial charge in [-0.3, -0.25) is 14.2 Å². The summed E-state index contributed by atoms with van der Waals surface area (Å²) >= 11 is 0. The Morgan fingerprint density at radius 3 is 2.62 bits per heavy atom. The van der Waals surface area contributed by atoms with Crippen LogP contribution in [0.4, 0.5) is 9.18 Å². The first-order chi connectivity index (χ1) is 18.1. The van der Waals surface area contributed by atoms with Gasteiger partial charge >= 0.3 is 6.09 Å². The zero-order chi connectivity index (χ0) is 29.3. The summed E-state index contributed by atoms with van der Waals surface area (Å²) in [6.45, 7) is -0.0767. The molecule has 0 spiro atoms. The van der Waals surface area contributed by atoms with Gasteiger partial charge in [-0.15, -0.1) is 0 Å². The van der Waals surface area contributed by atoms with Gasteiger partial charge in [-0.25, -0.2) is 14.2 Å². The van der Waals surface area contributed by atoms with Gasteiger partial charge in [0.25, 0.3) is 11.5 Å². The van der Waals surface area contributed by atoms with Gasteiger partial charge in [0.2, 0.25) is 5.75 Å². The molecule has 1 aromatic heterocycles. The molecule has 9 nitrogen and oxygen atoms in total. The predicted octanol–water partition coefficient (Wildman–Crippen LogP) is 2.72. The molecular formula is C24H25FN4O5. The number of hydrogen-bond acceptors (Lipinski definition) is 6. The molecule has 0 aliphatic carbocycles. The van der Waals surface area contributed by atoms with Crippen LogP contribution in [0.15, 0.2) is 59.3 Å². The first kappa shape index (κ1) is 18.2. The van der Waals surface area contributed by atoms with Crippen molar-refractivity contribution in [2.24, 2.45) is 7.05 Å². The lowest BCUT2D eigenvalue weighted by atomic mass is 10.0. The number of hydrogen-bond donors (Lipinski definition) is 3. The Kier molecular flexibility index (Phi) is 5.45. The molecule has 0 saturated heterocycles. The summed E-state index contributed by atoms with van der Waals surface area (Å²) in [7, 11) is 1.24. The first-order valence-corrected chi connectivity index (χ1v) is 9.95. The van der Waals surface area contributed by atoms with Crippen LogP contribution in [0.2, 0.25) is 0 Å². The summed E-state index contributed by atoms with van der Waals surface area (Å²) in [5, 5.41) is 14.7. The van der Waals surface area contributed by atoms with E-state index in [9.17, 15) is 23.9 Å². The van der Waals surface area contributed by atoms with Crippen molar-refractivity contribution < 1.29 is 30.7 Å². The molecule has 0 bridgehead atoms. The van der Waals surface area contributed by atoms with Crippen molar-refractivity contribution >= 4 is 12.0 Å². The average molecular weight is 474 g/mol. The Morgan fingerprint density at radius 2 is 1.91 bits per heavy atom. The molecule has 0 radical (unpaired) electrons. The molecule has 2 amide bonds. The van der Waals surface area contributed by atoms with Gasteiger partial charge in [0.1, 0.15) is 18.2 Å². The summed E-state index contributed by atoms with van der Waals surface area (Å²) < 4.78 is 59.1. The van der Waals surface area contributed by atoms with Gasteiger partial charge < -0.3 is 20.5 Å². The zero-order valence-electron chi connectivity index (χ0n) is 23.5. The van der Waals surface area contributed by atoms with Crippen molar-refractivity contribution in [3.63, 3.8) is 0 Å². The number of nitrogens with zero attached hydrogens (tertiary/aromatic N) is 2. The van der Waals surface area contributed by atoms with Gasteiger partial charge in [0, 0.05) is 13.5 Å². The second-order valence-corrected chi connectivity index (χ2v) is 7.65. The van der Waals surface area contributed by atoms with Crippen LogP contribution in [0.1, 0.15) is 48.1 Å². The van der Waals surface area contributed by atoms with Crippen LogP contribution in [0.3, 0.4) is 0 Å². The third-order valence-corrected chi connectivity index (χ3v) is 4.63. The summed E-state index contributed by atoms with van der Waals surface area (Å²) in [4.78, 5) is 42.1. The first-order valence-electron chi connectivity index (χ1n) is 12.5. The molecule has 0 saturated carbocycles. The lowest BCUT2D eigenvalue weighted by molar-refractivity contribution is 0.0941. The second-order valence-electron chi connectivity index (χ2n) is 7.65. The highest BCUT2D eigenvalue weighted by Crippen LogP contribution is 2.20. The van der Waals surface area contributed by atoms with Crippen molar-refractivity contribution in [2.45, 2.75) is 32.5 Å². The third-order valence-electron chi connectivity index (χ3n) is 4.63. The number of alkyl carbamates (subject to hydrolysis) is 1. The molecule has 0 atom stereocenters. The Labute approximate surface area is 202 Å². The maximum absolute atomic E-state index is 13.8. The third kappa shape index (κ3) is 5.77. The number of carbonyl (C=O) groups excluding carboxylic acids is 2. The van der Waals surface area contributed by atoms with Gasteiger partial charge in [-0.2, -0.15) is 0 Å². The van der Waals surface area contributed by atoms with Crippen molar-refractivity contribution in [1.29, 1.82) is 0 Å². The Morgan fingerprint density at radius 1 is 1.21 bits per heavy atom. The molecule has 0 fully saturated rings. The molecule has 0 unspecified atom stereocenters. The standard InChI is InChI=1S/C24H25FN4O5/c1-24(2,28-23(33)34-14-16-7-5-4-6-8-16)22-27-18(19(30)21(32)29(22)3)20(31)26-13-15-9-11-17(25)12-10-15/h4-12,30H,13-14H2,1-3H3,(H,26,31)(H,28,33)/i9D,11D,12D,13D2. The minimum atomic E-state index is -2.93. The average Bonchev–Trinajstić information content (AvgIpc) is 2.86. The van der Waals surface area contributed by atoms with E-state index in [4.69, 9.17) is 11.6 Å². The summed E-state index contributed by atoms with van der Waals surface area (Å²) in [5.74, 6) is -4.04. The number of rotatable bonds is 7. The Hall–Kier alpha value is -4.21. The highest BCUT2D eigenvalue weighted by Gasteiger charge is 2.31. The Balaban J connectivity index is 1.90. The van der Waals surface area contributed by atoms with Crippen LogP contribution in [0.25, 0.3) is 0 Å². The quantitative estimate of drug-likeness (QED) is 0.485. The van der Waals surface area contributed by atoms with Crippen LogP contribution in [-0.2, 0) is 30.4 Å². The van der Waals surface area contributed by atoms with E-state index in [0.717, 1.165) is 10.1 Å². The molecule has 1 heterocycles. The number of halogens is 1. The van der Waals surface area contributed by atoms with Crippen LogP contribution >= 0.6 is 0 Å². The number of ether oxygens (including phenoxy) is 1. The van der Waals surface area contributed by atoms with E-state index in [1.807, 2.05) is 5.32 Å². The Bertz CT molecular complexity index is 1500. The van der Waals surface area contributed by atoms with E-state index < -0.39 is 70.5 Å². The van der Waals surface area contributed by atoms with Crippen LogP contribution in [-0.4, -0.2) is 26.7 Å². The summed E-state index contributed by atoms with van der Waals surface area (Å²) in [6, 6.07) is 6.66. The minimum Gasteiger partial charge on any atom is -0.501 e. The van der Waals surface area contributed by atoms with Crippen LogP contribution in [0, 0.1) is 5.82 Å². The smallest absolute Gasteiger partial charge is 0.408 e. The van der Waals surface area contributed by atoms with Gasteiger partial charge in [0.15, 0.2) is 5.69 Å². The van der Waals surface area contributed by atoms with Crippen molar-refractivity contribution in [3.05, 3.63) is 93.3 Å². The number of amides is 2. The molecule has 178 valence electrons. The topological polar surface area (TPSA) is 123 Å². The number of aromatic hydroxyl groups is 1. The monoisotopic (exact) mass is 473 g/mol. The maximum Gasteiger partial charge on any atom is 0.408 e. The molecule has 0 aliphatic rings. The van der Waals surface area contributed by atoms with Crippen LogP contribution in [0.5, 0.6) is 5.75 Å². The minimum absolute atomic E-state index is 0.0468. The molecule has 34 heavy (non-hydrogen) atoms. The SMILES string of the molecule is [2H]c1cc(C([2H])([2H])NC(=O)c2nc(C(C)(C)NC(=O)OCc3ccccc3)n(C)c(=O)c2O)c([2H])c([2H])c1F. The lowest BCUT2D eigenvalue weighted by Crippen LogP contribution is -2.46. The number of nitrogens with one attached hydrogen (secondary N) is 2. The van der Waals surface area contributed by atoms with Gasteiger partial charge in [0.05, 0.1) is 12.4 Å². The van der Waals surface area contributed by atoms with Crippen molar-refractivity contribution in [1.82, 2.24) is 20.2 Å². The zero-order valence-corrected chi connectivity index (χ0v) is 18.5. The molecule has 10 heteroatoms. The summed E-state index contributed by atoms with van der Waals surface area (Å²) in [6.07, 6.45) is -0.870. The number of benzene rings is 2. The van der Waals surface area contributed by atoms with E-state index in [1.165, 1.54) is 20.9 Å². The number of carbonyl (C=O) groups is 2. The maximum atomic E-state index is 13.8. The van der Waals surface area contributed by atoms with E-state index in [2.05, 4.69) is 10.3 Å². The molecular weight excluding hydrogens is 443 g/mol. The van der Waals surface area contributed by atoms with Crippen molar-refractivity contribution in [2.75, 3.05) is 0 Å². The van der Waals surface area contributed by atoms with Gasteiger partial charge in [-0.1, -0.05) is 42.4 Å². The normalized spacial score (nSPS) is 13.6. The van der Waals surface area contributed by atoms with Crippen molar-refractivity contribution in [3.8, 4) is 5.75 Å².